The topological polar surface area (TPSA) is 77.1 Å². The van der Waals surface area contributed by atoms with Crippen LogP contribution in [0.25, 0.3) is 0 Å². The predicted octanol–water partition coefficient (Wildman–Crippen LogP) is 1.59. The molecule has 7 heteroatoms. The number of methoxy groups -OCH3 is 2. The second-order valence-electron chi connectivity index (χ2n) is 6.22. The number of nitrogens with zero attached hydrogens (tertiary/aromatic N) is 1. The van der Waals surface area contributed by atoms with Crippen LogP contribution in [-0.4, -0.2) is 56.4 Å². The lowest BCUT2D eigenvalue weighted by Crippen LogP contribution is -2.52. The molecule has 1 N–H and O–H groups in total. The van der Waals surface area contributed by atoms with Crippen LogP contribution < -0.4 is 14.8 Å². The summed E-state index contributed by atoms with van der Waals surface area (Å²) in [6.07, 6.45) is -0.116. The summed E-state index contributed by atoms with van der Waals surface area (Å²) in [5.74, 6) is 1.08. The van der Waals surface area contributed by atoms with Crippen LogP contribution in [-0.2, 0) is 16.0 Å². The summed E-state index contributed by atoms with van der Waals surface area (Å²) in [5.41, 5.74) is 0.324. The van der Waals surface area contributed by atoms with Gasteiger partial charge in [-0.3, -0.25) is 9.69 Å². The molecule has 7 nitrogen and oxygen atoms in total. The first kappa shape index (κ1) is 17.9. The van der Waals surface area contributed by atoms with E-state index in [0.717, 1.165) is 5.56 Å². The van der Waals surface area contributed by atoms with E-state index in [1.807, 2.05) is 19.9 Å². The van der Waals surface area contributed by atoms with Gasteiger partial charge in [-0.25, -0.2) is 4.79 Å². The van der Waals surface area contributed by atoms with Crippen LogP contribution in [0.2, 0.25) is 0 Å². The van der Waals surface area contributed by atoms with E-state index in [1.165, 1.54) is 0 Å². The fourth-order valence-corrected chi connectivity index (χ4v) is 2.59. The van der Waals surface area contributed by atoms with E-state index in [0.29, 0.717) is 31.2 Å². The molecule has 132 valence electrons. The van der Waals surface area contributed by atoms with Crippen molar-refractivity contribution in [3.63, 3.8) is 0 Å². The maximum atomic E-state index is 12.2. The molecule has 0 atom stereocenters. The Labute approximate surface area is 141 Å². The Balaban J connectivity index is 1.92. The van der Waals surface area contributed by atoms with Crippen LogP contribution in [0.3, 0.4) is 0 Å². The van der Waals surface area contributed by atoms with Crippen LogP contribution in [0.15, 0.2) is 18.2 Å². The molecule has 1 aliphatic heterocycles. The van der Waals surface area contributed by atoms with E-state index >= 15 is 0 Å². The van der Waals surface area contributed by atoms with Gasteiger partial charge < -0.3 is 19.5 Å². The van der Waals surface area contributed by atoms with Crippen molar-refractivity contribution in [2.45, 2.75) is 25.8 Å². The largest absolute Gasteiger partial charge is 0.493 e. The van der Waals surface area contributed by atoms with E-state index in [-0.39, 0.29) is 18.4 Å². The average Bonchev–Trinajstić information content (AvgIpc) is 3.00. The van der Waals surface area contributed by atoms with Crippen molar-refractivity contribution in [2.75, 3.05) is 33.9 Å². The normalized spacial score (nSPS) is 14.3. The van der Waals surface area contributed by atoms with E-state index in [4.69, 9.17) is 14.2 Å². The molecule has 0 spiro atoms. The number of rotatable bonds is 7. The van der Waals surface area contributed by atoms with Crippen molar-refractivity contribution >= 4 is 12.0 Å². The second-order valence-corrected chi connectivity index (χ2v) is 6.22. The third-order valence-corrected chi connectivity index (χ3v) is 4.02. The number of carbonyl (C=O) groups excluding carboxylic acids is 2. The molecule has 1 saturated heterocycles. The summed E-state index contributed by atoms with van der Waals surface area (Å²) < 4.78 is 15.4. The van der Waals surface area contributed by atoms with Gasteiger partial charge in [-0.1, -0.05) is 6.07 Å². The van der Waals surface area contributed by atoms with Gasteiger partial charge in [0.05, 0.1) is 32.7 Å². The number of nitrogens with one attached hydrogen (secondary N) is 1. The molecule has 0 aromatic heterocycles. The highest BCUT2D eigenvalue weighted by Gasteiger charge is 2.35. The van der Waals surface area contributed by atoms with E-state index in [9.17, 15) is 9.59 Å². The van der Waals surface area contributed by atoms with Crippen molar-refractivity contribution in [1.82, 2.24) is 10.2 Å². The zero-order valence-electron chi connectivity index (χ0n) is 14.5. The van der Waals surface area contributed by atoms with Gasteiger partial charge in [-0.2, -0.15) is 0 Å². The van der Waals surface area contributed by atoms with Crippen molar-refractivity contribution in [3.05, 3.63) is 23.8 Å². The van der Waals surface area contributed by atoms with Crippen molar-refractivity contribution in [1.29, 1.82) is 0 Å². The minimum Gasteiger partial charge on any atom is -0.493 e. The molecule has 1 fully saturated rings. The lowest BCUT2D eigenvalue weighted by molar-refractivity contribution is -0.120. The van der Waals surface area contributed by atoms with Gasteiger partial charge in [-0.05, 0) is 31.5 Å². The van der Waals surface area contributed by atoms with Gasteiger partial charge in [0.15, 0.2) is 11.5 Å². The van der Waals surface area contributed by atoms with E-state index < -0.39 is 5.54 Å². The molecule has 0 unspecified atom stereocenters. The van der Waals surface area contributed by atoms with Gasteiger partial charge in [0.2, 0.25) is 5.91 Å². The smallest absolute Gasteiger partial charge is 0.410 e. The minimum absolute atomic E-state index is 0.122. The summed E-state index contributed by atoms with van der Waals surface area (Å²) in [5, 5.41) is 2.87. The highest BCUT2D eigenvalue weighted by atomic mass is 16.6. The van der Waals surface area contributed by atoms with Crippen LogP contribution >= 0.6 is 0 Å². The fraction of sp³-hybridized carbons (Fsp3) is 0.529. The molecule has 24 heavy (non-hydrogen) atoms. The Kier molecular flexibility index (Phi) is 5.54. The summed E-state index contributed by atoms with van der Waals surface area (Å²) in [4.78, 5) is 25.5. The number of carbonyl (C=O) groups is 2. The van der Waals surface area contributed by atoms with E-state index in [1.54, 1.807) is 31.3 Å². The molecule has 1 aliphatic rings. The number of cyclic esters (lactones) is 1. The van der Waals surface area contributed by atoms with E-state index in [2.05, 4.69) is 5.32 Å². The summed E-state index contributed by atoms with van der Waals surface area (Å²) >= 11 is 0. The average molecular weight is 336 g/mol. The lowest BCUT2D eigenvalue weighted by atomic mass is 10.0. The Morgan fingerprint density at radius 3 is 2.58 bits per heavy atom. The van der Waals surface area contributed by atoms with Gasteiger partial charge in [0.25, 0.3) is 0 Å². The Morgan fingerprint density at radius 2 is 2.00 bits per heavy atom. The molecule has 2 rings (SSSR count). The fourth-order valence-electron chi connectivity index (χ4n) is 2.59. The zero-order valence-corrected chi connectivity index (χ0v) is 14.5. The Hall–Kier alpha value is -2.44. The maximum Gasteiger partial charge on any atom is 0.410 e. The number of hydrogen-bond donors (Lipinski definition) is 1. The predicted molar refractivity (Wildman–Crippen MR) is 88.4 cm³/mol. The van der Waals surface area contributed by atoms with Crippen LogP contribution in [0.5, 0.6) is 11.5 Å². The van der Waals surface area contributed by atoms with Crippen LogP contribution in [0, 0.1) is 0 Å². The SMILES string of the molecule is COc1ccc(CC(=O)NCC(C)(C)N2CCOC2=O)cc1OC. The monoisotopic (exact) mass is 336 g/mol. The van der Waals surface area contributed by atoms with Gasteiger partial charge in [0, 0.05) is 6.54 Å². The molecule has 0 saturated carbocycles. The molecule has 2 amide bonds. The Morgan fingerprint density at radius 1 is 1.29 bits per heavy atom. The molecular formula is C17H24N2O5. The molecule has 1 aromatic carbocycles. The van der Waals surface area contributed by atoms with Crippen LogP contribution in [0.4, 0.5) is 4.79 Å². The summed E-state index contributed by atoms with van der Waals surface area (Å²) in [6.45, 7) is 5.08. The first-order valence-electron chi connectivity index (χ1n) is 7.79. The number of hydrogen-bond acceptors (Lipinski definition) is 5. The highest BCUT2D eigenvalue weighted by molar-refractivity contribution is 5.79. The lowest BCUT2D eigenvalue weighted by Gasteiger charge is -2.33. The minimum atomic E-state index is -0.499. The number of amides is 2. The van der Waals surface area contributed by atoms with Gasteiger partial charge in [-0.15, -0.1) is 0 Å². The van der Waals surface area contributed by atoms with Crippen molar-refractivity contribution in [3.8, 4) is 11.5 Å². The third kappa shape index (κ3) is 4.10. The highest BCUT2D eigenvalue weighted by Crippen LogP contribution is 2.27. The number of benzene rings is 1. The molecule has 0 radical (unpaired) electrons. The maximum absolute atomic E-state index is 12.2. The number of ether oxygens (including phenoxy) is 3. The standard InChI is InChI=1S/C17H24N2O5/c1-17(2,19-7-8-24-16(19)21)11-18-15(20)10-12-5-6-13(22-3)14(9-12)23-4/h5-6,9H,7-8,10-11H2,1-4H3,(H,18,20). The summed E-state index contributed by atoms with van der Waals surface area (Å²) in [6, 6.07) is 5.37. The third-order valence-electron chi connectivity index (χ3n) is 4.02. The molecule has 1 heterocycles. The van der Waals surface area contributed by atoms with Gasteiger partial charge >= 0.3 is 6.09 Å². The Bertz CT molecular complexity index is 615. The van der Waals surface area contributed by atoms with Crippen molar-refractivity contribution in [2.24, 2.45) is 0 Å². The quantitative estimate of drug-likeness (QED) is 0.818. The van der Waals surface area contributed by atoms with Crippen molar-refractivity contribution < 1.29 is 23.8 Å². The van der Waals surface area contributed by atoms with Crippen LogP contribution in [0.1, 0.15) is 19.4 Å². The molecule has 0 aliphatic carbocycles. The molecule has 0 bridgehead atoms. The summed E-state index contributed by atoms with van der Waals surface area (Å²) in [7, 11) is 3.12. The zero-order chi connectivity index (χ0) is 17.7. The first-order valence-corrected chi connectivity index (χ1v) is 7.79. The molecule has 1 aromatic rings. The van der Waals surface area contributed by atoms with Gasteiger partial charge in [0.1, 0.15) is 6.61 Å². The molecular weight excluding hydrogens is 312 g/mol. The second kappa shape index (κ2) is 7.42. The first-order chi connectivity index (χ1) is 11.4.